The Morgan fingerprint density at radius 3 is 2.95 bits per heavy atom. The third kappa shape index (κ3) is 4.60. The Morgan fingerprint density at radius 1 is 1.32 bits per heavy atom. The Kier molecular flexibility index (Phi) is 4.75. The number of amides is 1. The van der Waals surface area contributed by atoms with Gasteiger partial charge in [0.25, 0.3) is 0 Å². The molecular formula is C15H16N2OS. The first kappa shape index (κ1) is 13.4. The lowest BCUT2D eigenvalue weighted by Gasteiger charge is -2.00. The maximum Gasteiger partial charge on any atom is 0.244 e. The van der Waals surface area contributed by atoms with E-state index in [1.807, 2.05) is 35.7 Å². The monoisotopic (exact) mass is 272 g/mol. The SMILES string of the molecule is Nc1cccc(/C=C/C(=O)NCCc2cccs2)c1. The Bertz CT molecular complexity index is 561. The molecule has 19 heavy (non-hydrogen) atoms. The van der Waals surface area contributed by atoms with E-state index in [9.17, 15) is 4.79 Å². The second kappa shape index (κ2) is 6.75. The van der Waals surface area contributed by atoms with Crippen LogP contribution in [0.3, 0.4) is 0 Å². The molecule has 0 fully saturated rings. The molecule has 1 aromatic heterocycles. The smallest absolute Gasteiger partial charge is 0.244 e. The van der Waals surface area contributed by atoms with Gasteiger partial charge in [0.05, 0.1) is 0 Å². The molecule has 1 aromatic carbocycles. The summed E-state index contributed by atoms with van der Waals surface area (Å²) < 4.78 is 0. The molecule has 0 saturated carbocycles. The van der Waals surface area contributed by atoms with Gasteiger partial charge in [0, 0.05) is 23.2 Å². The number of carbonyl (C=O) groups excluding carboxylic acids is 1. The molecule has 1 heterocycles. The molecule has 0 aliphatic heterocycles. The van der Waals surface area contributed by atoms with Crippen LogP contribution in [0.1, 0.15) is 10.4 Å². The fraction of sp³-hybridized carbons (Fsp3) is 0.133. The zero-order valence-corrected chi connectivity index (χ0v) is 11.3. The molecule has 0 atom stereocenters. The maximum absolute atomic E-state index is 11.6. The second-order valence-corrected chi connectivity index (χ2v) is 5.16. The molecule has 2 rings (SSSR count). The Hall–Kier alpha value is -2.07. The van der Waals surface area contributed by atoms with Crippen molar-refractivity contribution in [1.82, 2.24) is 5.32 Å². The van der Waals surface area contributed by atoms with Gasteiger partial charge in [-0.25, -0.2) is 0 Å². The first-order valence-corrected chi connectivity index (χ1v) is 6.96. The number of anilines is 1. The molecule has 98 valence electrons. The van der Waals surface area contributed by atoms with E-state index in [0.29, 0.717) is 12.2 Å². The van der Waals surface area contributed by atoms with Gasteiger partial charge in [0.2, 0.25) is 5.91 Å². The van der Waals surface area contributed by atoms with Gasteiger partial charge in [-0.3, -0.25) is 4.79 Å². The molecule has 0 saturated heterocycles. The van der Waals surface area contributed by atoms with E-state index >= 15 is 0 Å². The summed E-state index contributed by atoms with van der Waals surface area (Å²) in [6.07, 6.45) is 4.16. The highest BCUT2D eigenvalue weighted by atomic mass is 32.1. The standard InChI is InChI=1S/C15H16N2OS/c16-13-4-1-3-12(11-13)6-7-15(18)17-9-8-14-5-2-10-19-14/h1-7,10-11H,8-9,16H2,(H,17,18)/b7-6+. The van der Waals surface area contributed by atoms with E-state index in [1.54, 1.807) is 17.4 Å². The van der Waals surface area contributed by atoms with E-state index in [0.717, 1.165) is 12.0 Å². The highest BCUT2D eigenvalue weighted by Gasteiger charge is 1.97. The average Bonchev–Trinajstić information content (AvgIpc) is 2.90. The van der Waals surface area contributed by atoms with Crippen molar-refractivity contribution >= 4 is 29.0 Å². The molecule has 1 amide bonds. The van der Waals surface area contributed by atoms with Crippen molar-refractivity contribution in [1.29, 1.82) is 0 Å². The molecule has 3 nitrogen and oxygen atoms in total. The van der Waals surface area contributed by atoms with Gasteiger partial charge in [-0.15, -0.1) is 11.3 Å². The molecule has 0 aliphatic rings. The lowest BCUT2D eigenvalue weighted by atomic mass is 10.2. The number of thiophene rings is 1. The molecule has 0 spiro atoms. The van der Waals surface area contributed by atoms with E-state index in [-0.39, 0.29) is 5.91 Å². The molecule has 4 heteroatoms. The Labute approximate surface area is 116 Å². The van der Waals surface area contributed by atoms with Crippen molar-refractivity contribution in [2.45, 2.75) is 6.42 Å². The second-order valence-electron chi connectivity index (χ2n) is 4.12. The van der Waals surface area contributed by atoms with Crippen molar-refractivity contribution in [2.75, 3.05) is 12.3 Å². The van der Waals surface area contributed by atoms with Gasteiger partial charge in [0.15, 0.2) is 0 Å². The summed E-state index contributed by atoms with van der Waals surface area (Å²) in [6.45, 7) is 0.653. The largest absolute Gasteiger partial charge is 0.399 e. The van der Waals surface area contributed by atoms with Gasteiger partial charge in [-0.05, 0) is 41.6 Å². The zero-order valence-electron chi connectivity index (χ0n) is 10.5. The number of nitrogens with two attached hydrogens (primary N) is 1. The lowest BCUT2D eigenvalue weighted by molar-refractivity contribution is -0.116. The molecule has 3 N–H and O–H groups in total. The number of rotatable bonds is 5. The quantitative estimate of drug-likeness (QED) is 0.649. The van der Waals surface area contributed by atoms with E-state index in [4.69, 9.17) is 5.73 Å². The third-order valence-corrected chi connectivity index (χ3v) is 3.52. The summed E-state index contributed by atoms with van der Waals surface area (Å²) in [4.78, 5) is 12.9. The van der Waals surface area contributed by atoms with Crippen LogP contribution in [-0.4, -0.2) is 12.5 Å². The van der Waals surface area contributed by atoms with Crippen LogP contribution in [0.5, 0.6) is 0 Å². The fourth-order valence-corrected chi connectivity index (χ4v) is 2.37. The van der Waals surface area contributed by atoms with Gasteiger partial charge in [-0.2, -0.15) is 0 Å². The molecular weight excluding hydrogens is 256 g/mol. The van der Waals surface area contributed by atoms with Crippen LogP contribution in [0, 0.1) is 0 Å². The lowest BCUT2D eigenvalue weighted by Crippen LogP contribution is -2.23. The van der Waals surface area contributed by atoms with Gasteiger partial charge in [0.1, 0.15) is 0 Å². The first-order chi connectivity index (χ1) is 9.24. The number of hydrogen-bond acceptors (Lipinski definition) is 3. The molecule has 0 radical (unpaired) electrons. The average molecular weight is 272 g/mol. The maximum atomic E-state index is 11.6. The fourth-order valence-electron chi connectivity index (χ4n) is 1.66. The minimum absolute atomic E-state index is 0.0843. The summed E-state index contributed by atoms with van der Waals surface area (Å²) >= 11 is 1.70. The summed E-state index contributed by atoms with van der Waals surface area (Å²) in [6, 6.07) is 11.5. The number of nitrogen functional groups attached to an aromatic ring is 1. The van der Waals surface area contributed by atoms with Gasteiger partial charge in [-0.1, -0.05) is 18.2 Å². The summed E-state index contributed by atoms with van der Waals surface area (Å²) in [5, 5.41) is 4.89. The van der Waals surface area contributed by atoms with Crippen LogP contribution >= 0.6 is 11.3 Å². The Balaban J connectivity index is 1.78. The van der Waals surface area contributed by atoms with Crippen molar-refractivity contribution in [3.63, 3.8) is 0 Å². The zero-order chi connectivity index (χ0) is 13.5. The van der Waals surface area contributed by atoms with Crippen molar-refractivity contribution in [3.8, 4) is 0 Å². The first-order valence-electron chi connectivity index (χ1n) is 6.08. The van der Waals surface area contributed by atoms with E-state index in [2.05, 4.69) is 11.4 Å². The topological polar surface area (TPSA) is 55.1 Å². The summed E-state index contributed by atoms with van der Waals surface area (Å²) in [5.74, 6) is -0.0843. The highest BCUT2D eigenvalue weighted by molar-refractivity contribution is 7.09. The van der Waals surface area contributed by atoms with Crippen LogP contribution in [0.25, 0.3) is 6.08 Å². The molecule has 0 bridgehead atoms. The summed E-state index contributed by atoms with van der Waals surface area (Å²) in [7, 11) is 0. The number of nitrogens with one attached hydrogen (secondary N) is 1. The Morgan fingerprint density at radius 2 is 2.21 bits per heavy atom. The predicted octanol–water partition coefficient (Wildman–Crippen LogP) is 2.70. The van der Waals surface area contributed by atoms with Crippen LogP contribution in [-0.2, 0) is 11.2 Å². The normalized spacial score (nSPS) is 10.7. The minimum atomic E-state index is -0.0843. The molecule has 2 aromatic rings. The summed E-state index contributed by atoms with van der Waals surface area (Å²) in [5.41, 5.74) is 7.29. The van der Waals surface area contributed by atoms with Crippen LogP contribution in [0.15, 0.2) is 47.9 Å². The van der Waals surface area contributed by atoms with Gasteiger partial charge >= 0.3 is 0 Å². The van der Waals surface area contributed by atoms with Crippen LogP contribution in [0.4, 0.5) is 5.69 Å². The van der Waals surface area contributed by atoms with Crippen molar-refractivity contribution in [2.24, 2.45) is 0 Å². The molecule has 0 unspecified atom stereocenters. The van der Waals surface area contributed by atoms with Crippen molar-refractivity contribution in [3.05, 3.63) is 58.3 Å². The number of carbonyl (C=O) groups is 1. The minimum Gasteiger partial charge on any atom is -0.399 e. The van der Waals surface area contributed by atoms with Crippen molar-refractivity contribution < 1.29 is 4.79 Å². The van der Waals surface area contributed by atoms with Gasteiger partial charge < -0.3 is 11.1 Å². The number of benzene rings is 1. The van der Waals surface area contributed by atoms with E-state index < -0.39 is 0 Å². The van der Waals surface area contributed by atoms with Crippen LogP contribution < -0.4 is 11.1 Å². The van der Waals surface area contributed by atoms with E-state index in [1.165, 1.54) is 11.0 Å². The number of hydrogen-bond donors (Lipinski definition) is 2. The predicted molar refractivity (Wildman–Crippen MR) is 80.9 cm³/mol. The highest BCUT2D eigenvalue weighted by Crippen LogP contribution is 2.09. The third-order valence-electron chi connectivity index (χ3n) is 2.59. The van der Waals surface area contributed by atoms with Crippen LogP contribution in [0.2, 0.25) is 0 Å². The molecule has 0 aliphatic carbocycles.